The second kappa shape index (κ2) is 6.03. The Morgan fingerprint density at radius 2 is 2.05 bits per heavy atom. The minimum absolute atomic E-state index is 0.0481. The van der Waals surface area contributed by atoms with E-state index in [4.69, 9.17) is 23.2 Å². The van der Waals surface area contributed by atoms with E-state index in [1.165, 1.54) is 6.07 Å². The molecule has 0 saturated heterocycles. The van der Waals surface area contributed by atoms with Gasteiger partial charge < -0.3 is 5.32 Å². The van der Waals surface area contributed by atoms with Crippen LogP contribution in [0.3, 0.4) is 0 Å². The van der Waals surface area contributed by atoms with Gasteiger partial charge in [0.05, 0.1) is 27.8 Å². The average molecular weight is 330 g/mol. The van der Waals surface area contributed by atoms with Crippen LogP contribution in [0.25, 0.3) is 0 Å². The lowest BCUT2D eigenvalue weighted by atomic mass is 10.1. The van der Waals surface area contributed by atoms with Gasteiger partial charge in [0.2, 0.25) is 0 Å². The summed E-state index contributed by atoms with van der Waals surface area (Å²) in [6, 6.07) is 1.97. The fourth-order valence-corrected chi connectivity index (χ4v) is 2.46. The molecule has 0 radical (unpaired) electrons. The summed E-state index contributed by atoms with van der Waals surface area (Å²) < 4.78 is 15.2. The molecule has 21 heavy (non-hydrogen) atoms. The molecule has 0 aliphatic rings. The molecule has 7 heteroatoms. The predicted octanol–water partition coefficient (Wildman–Crippen LogP) is 3.67. The van der Waals surface area contributed by atoms with Gasteiger partial charge in [-0.05, 0) is 26.0 Å². The monoisotopic (exact) mass is 329 g/mol. The molecule has 0 aliphatic heterocycles. The lowest BCUT2D eigenvalue weighted by molar-refractivity contribution is 0.0939. The number of benzene rings is 1. The summed E-state index contributed by atoms with van der Waals surface area (Å²) in [4.78, 5) is 12.2. The van der Waals surface area contributed by atoms with Gasteiger partial charge >= 0.3 is 0 Å². The van der Waals surface area contributed by atoms with E-state index >= 15 is 0 Å². The lowest BCUT2D eigenvalue weighted by Crippen LogP contribution is -2.27. The molecule has 0 spiro atoms. The van der Waals surface area contributed by atoms with Gasteiger partial charge in [0.25, 0.3) is 5.91 Å². The number of amides is 1. The number of nitrogens with one attached hydrogen (secondary N) is 1. The zero-order chi connectivity index (χ0) is 15.7. The minimum atomic E-state index is -0.684. The van der Waals surface area contributed by atoms with Crippen molar-refractivity contribution in [3.63, 3.8) is 0 Å². The summed E-state index contributed by atoms with van der Waals surface area (Å²) in [6.07, 6.45) is 1.68. The van der Waals surface area contributed by atoms with E-state index in [9.17, 15) is 9.18 Å². The number of rotatable bonds is 3. The third-order valence-electron chi connectivity index (χ3n) is 3.34. The van der Waals surface area contributed by atoms with Crippen LogP contribution in [0.2, 0.25) is 10.0 Å². The van der Waals surface area contributed by atoms with Gasteiger partial charge in [-0.2, -0.15) is 5.10 Å². The van der Waals surface area contributed by atoms with Crippen LogP contribution in [0.1, 0.15) is 34.6 Å². The van der Waals surface area contributed by atoms with Gasteiger partial charge in [0, 0.05) is 18.3 Å². The van der Waals surface area contributed by atoms with Crippen molar-refractivity contribution >= 4 is 29.1 Å². The standard InChI is InChI=1S/C14H14Cl2FN3O/c1-7(10-6-18-20(3)8(10)2)19-14(21)9-4-13(17)12(16)5-11(9)15/h4-7H,1-3H3,(H,19,21)/t7-/m1/s1. The first-order chi connectivity index (χ1) is 9.81. The first-order valence-electron chi connectivity index (χ1n) is 6.25. The molecular weight excluding hydrogens is 316 g/mol. The first-order valence-corrected chi connectivity index (χ1v) is 7.00. The third-order valence-corrected chi connectivity index (χ3v) is 3.94. The number of aromatic nitrogens is 2. The van der Waals surface area contributed by atoms with Gasteiger partial charge in [0.1, 0.15) is 5.82 Å². The topological polar surface area (TPSA) is 46.9 Å². The van der Waals surface area contributed by atoms with Crippen LogP contribution in [-0.2, 0) is 7.05 Å². The normalized spacial score (nSPS) is 12.3. The largest absolute Gasteiger partial charge is 0.345 e. The molecule has 1 aromatic carbocycles. The van der Waals surface area contributed by atoms with Crippen molar-refractivity contribution in [2.75, 3.05) is 0 Å². The first kappa shape index (κ1) is 15.8. The van der Waals surface area contributed by atoms with Crippen LogP contribution in [0.4, 0.5) is 4.39 Å². The Labute approximate surface area is 131 Å². The molecule has 1 aromatic heterocycles. The molecule has 4 nitrogen and oxygen atoms in total. The van der Waals surface area contributed by atoms with E-state index in [0.717, 1.165) is 17.3 Å². The van der Waals surface area contributed by atoms with Gasteiger partial charge in [-0.25, -0.2) is 4.39 Å². The quantitative estimate of drug-likeness (QED) is 0.873. The van der Waals surface area contributed by atoms with Crippen molar-refractivity contribution in [2.24, 2.45) is 7.05 Å². The maximum Gasteiger partial charge on any atom is 0.253 e. The van der Waals surface area contributed by atoms with Gasteiger partial charge in [-0.15, -0.1) is 0 Å². The number of aryl methyl sites for hydroxylation is 1. The number of hydrogen-bond donors (Lipinski definition) is 1. The van der Waals surface area contributed by atoms with Crippen LogP contribution in [-0.4, -0.2) is 15.7 Å². The molecular formula is C14H14Cl2FN3O. The maximum atomic E-state index is 13.5. The van der Waals surface area contributed by atoms with E-state index < -0.39 is 11.7 Å². The Balaban J connectivity index is 2.22. The Morgan fingerprint density at radius 1 is 1.38 bits per heavy atom. The Bertz CT molecular complexity index is 700. The predicted molar refractivity (Wildman–Crippen MR) is 80.2 cm³/mol. The van der Waals surface area contributed by atoms with Crippen molar-refractivity contribution < 1.29 is 9.18 Å². The van der Waals surface area contributed by atoms with E-state index in [-0.39, 0.29) is 21.7 Å². The number of hydrogen-bond acceptors (Lipinski definition) is 2. The van der Waals surface area contributed by atoms with Crippen LogP contribution in [0.15, 0.2) is 18.3 Å². The molecule has 1 heterocycles. The molecule has 0 bridgehead atoms. The highest BCUT2D eigenvalue weighted by molar-refractivity contribution is 6.36. The molecule has 1 atom stereocenters. The van der Waals surface area contributed by atoms with Gasteiger partial charge in [0.15, 0.2) is 0 Å². The number of halogens is 3. The van der Waals surface area contributed by atoms with Crippen molar-refractivity contribution in [1.82, 2.24) is 15.1 Å². The molecule has 0 saturated carbocycles. The van der Waals surface area contributed by atoms with Crippen LogP contribution in [0, 0.1) is 12.7 Å². The molecule has 1 N–H and O–H groups in total. The number of carbonyl (C=O) groups excluding carboxylic acids is 1. The fourth-order valence-electron chi connectivity index (χ4n) is 1.99. The highest BCUT2D eigenvalue weighted by Gasteiger charge is 2.19. The second-order valence-electron chi connectivity index (χ2n) is 4.75. The van der Waals surface area contributed by atoms with E-state index in [2.05, 4.69) is 10.4 Å². The van der Waals surface area contributed by atoms with E-state index in [1.54, 1.807) is 10.9 Å². The average Bonchev–Trinajstić information content (AvgIpc) is 2.74. The lowest BCUT2D eigenvalue weighted by Gasteiger charge is -2.14. The van der Waals surface area contributed by atoms with Gasteiger partial charge in [-0.1, -0.05) is 23.2 Å². The third kappa shape index (κ3) is 3.19. The zero-order valence-corrected chi connectivity index (χ0v) is 13.3. The van der Waals surface area contributed by atoms with Crippen LogP contribution in [0.5, 0.6) is 0 Å². The summed E-state index contributed by atoms with van der Waals surface area (Å²) in [5, 5.41) is 6.88. The van der Waals surface area contributed by atoms with Gasteiger partial charge in [-0.3, -0.25) is 9.48 Å². The second-order valence-corrected chi connectivity index (χ2v) is 5.56. The van der Waals surface area contributed by atoms with Crippen molar-refractivity contribution in [2.45, 2.75) is 19.9 Å². The van der Waals surface area contributed by atoms with E-state index in [1.807, 2.05) is 20.9 Å². The molecule has 1 amide bonds. The van der Waals surface area contributed by atoms with E-state index in [0.29, 0.717) is 0 Å². The fraction of sp³-hybridized carbons (Fsp3) is 0.286. The highest BCUT2D eigenvalue weighted by Crippen LogP contribution is 2.25. The number of nitrogens with zero attached hydrogens (tertiary/aromatic N) is 2. The Hall–Kier alpha value is -1.59. The summed E-state index contributed by atoms with van der Waals surface area (Å²) >= 11 is 11.5. The van der Waals surface area contributed by atoms with Crippen molar-refractivity contribution in [3.8, 4) is 0 Å². The van der Waals surface area contributed by atoms with Crippen LogP contribution < -0.4 is 5.32 Å². The Morgan fingerprint density at radius 3 is 2.62 bits per heavy atom. The summed E-state index contributed by atoms with van der Waals surface area (Å²) in [5.74, 6) is -1.15. The minimum Gasteiger partial charge on any atom is -0.345 e. The molecule has 0 unspecified atom stereocenters. The SMILES string of the molecule is Cc1c([C@@H](C)NC(=O)c2cc(F)c(Cl)cc2Cl)cnn1C. The van der Waals surface area contributed by atoms with Crippen molar-refractivity contribution in [1.29, 1.82) is 0 Å². The highest BCUT2D eigenvalue weighted by atomic mass is 35.5. The molecule has 112 valence electrons. The van der Waals surface area contributed by atoms with Crippen LogP contribution >= 0.6 is 23.2 Å². The molecule has 2 aromatic rings. The summed E-state index contributed by atoms with van der Waals surface area (Å²) in [6.45, 7) is 3.72. The van der Waals surface area contributed by atoms with Crippen molar-refractivity contribution in [3.05, 3.63) is 51.0 Å². The molecule has 2 rings (SSSR count). The maximum absolute atomic E-state index is 13.5. The zero-order valence-electron chi connectivity index (χ0n) is 11.7. The Kier molecular flexibility index (Phi) is 4.54. The molecule has 0 aliphatic carbocycles. The summed E-state index contributed by atoms with van der Waals surface area (Å²) in [7, 11) is 1.82. The molecule has 0 fully saturated rings. The summed E-state index contributed by atoms with van der Waals surface area (Å²) in [5.41, 5.74) is 1.87. The number of carbonyl (C=O) groups is 1. The smallest absolute Gasteiger partial charge is 0.253 e.